The van der Waals surface area contributed by atoms with Crippen LogP contribution in [0.25, 0.3) is 5.69 Å². The lowest BCUT2D eigenvalue weighted by Gasteiger charge is -2.08. The van der Waals surface area contributed by atoms with Crippen molar-refractivity contribution in [2.24, 2.45) is 0 Å². The Morgan fingerprint density at radius 3 is 2.64 bits per heavy atom. The van der Waals surface area contributed by atoms with Gasteiger partial charge in [-0.1, -0.05) is 31.2 Å². The molecule has 0 bridgehead atoms. The summed E-state index contributed by atoms with van der Waals surface area (Å²) >= 11 is 0. The third-order valence-corrected chi connectivity index (χ3v) is 5.64. The zero-order chi connectivity index (χ0) is 20.0. The molecule has 2 aromatic carbocycles. The van der Waals surface area contributed by atoms with Crippen LogP contribution in [0.2, 0.25) is 0 Å². The van der Waals surface area contributed by atoms with Gasteiger partial charge in [-0.05, 0) is 42.3 Å². The lowest BCUT2D eigenvalue weighted by molar-refractivity contribution is 0.0954. The average molecular weight is 398 g/mol. The summed E-state index contributed by atoms with van der Waals surface area (Å²) in [5.74, 6) is -0.316. The Balaban J connectivity index is 1.59. The maximum absolute atomic E-state index is 12.4. The lowest BCUT2D eigenvalue weighted by Crippen LogP contribution is -2.27. The first-order valence-electron chi connectivity index (χ1n) is 8.96. The molecular weight excluding hydrogens is 376 g/mol. The number of hydrogen-bond acceptors (Lipinski definition) is 4. The zero-order valence-corrected chi connectivity index (χ0v) is 16.3. The summed E-state index contributed by atoms with van der Waals surface area (Å²) < 4.78 is 28.3. The van der Waals surface area contributed by atoms with E-state index in [9.17, 15) is 13.2 Å². The van der Waals surface area contributed by atoms with Crippen molar-refractivity contribution in [2.75, 3.05) is 13.1 Å². The number of rotatable bonds is 8. The largest absolute Gasteiger partial charge is 0.352 e. The molecule has 0 aliphatic heterocycles. The van der Waals surface area contributed by atoms with Gasteiger partial charge in [0.05, 0.1) is 16.8 Å². The van der Waals surface area contributed by atoms with E-state index in [4.69, 9.17) is 0 Å². The van der Waals surface area contributed by atoms with Gasteiger partial charge in [0.15, 0.2) is 0 Å². The third kappa shape index (κ3) is 4.85. The Bertz CT molecular complexity index is 1050. The SMILES string of the molecule is CCNS(=O)(=O)c1cccc(C(=O)NCCc2cnn(-c3ccccc3)c2)c1. The third-order valence-electron chi connectivity index (χ3n) is 4.10. The summed E-state index contributed by atoms with van der Waals surface area (Å²) in [5, 5.41) is 7.14. The monoisotopic (exact) mass is 398 g/mol. The molecule has 0 fully saturated rings. The molecule has 0 aliphatic carbocycles. The van der Waals surface area contributed by atoms with Crippen molar-refractivity contribution in [3.8, 4) is 5.69 Å². The van der Waals surface area contributed by atoms with E-state index in [2.05, 4.69) is 15.1 Å². The van der Waals surface area contributed by atoms with Crippen molar-refractivity contribution in [3.63, 3.8) is 0 Å². The fourth-order valence-corrected chi connectivity index (χ4v) is 3.80. The van der Waals surface area contributed by atoms with Crippen molar-refractivity contribution in [1.29, 1.82) is 0 Å². The van der Waals surface area contributed by atoms with E-state index in [1.165, 1.54) is 12.1 Å². The number of para-hydroxylation sites is 1. The van der Waals surface area contributed by atoms with E-state index >= 15 is 0 Å². The van der Waals surface area contributed by atoms with E-state index in [-0.39, 0.29) is 17.3 Å². The van der Waals surface area contributed by atoms with Gasteiger partial charge in [-0.15, -0.1) is 0 Å². The van der Waals surface area contributed by atoms with Gasteiger partial charge < -0.3 is 5.32 Å². The van der Waals surface area contributed by atoms with Gasteiger partial charge in [0.2, 0.25) is 10.0 Å². The summed E-state index contributed by atoms with van der Waals surface area (Å²) in [6.07, 6.45) is 4.31. The molecule has 146 valence electrons. The van der Waals surface area contributed by atoms with Crippen LogP contribution in [-0.2, 0) is 16.4 Å². The highest BCUT2D eigenvalue weighted by atomic mass is 32.2. The van der Waals surface area contributed by atoms with Crippen LogP contribution in [0, 0.1) is 0 Å². The maximum atomic E-state index is 12.4. The van der Waals surface area contributed by atoms with Crippen LogP contribution in [-0.4, -0.2) is 37.2 Å². The Morgan fingerprint density at radius 1 is 1.11 bits per heavy atom. The molecule has 3 aromatic rings. The fourth-order valence-electron chi connectivity index (χ4n) is 2.71. The Hall–Kier alpha value is -2.97. The molecule has 1 amide bonds. The number of carbonyl (C=O) groups excluding carboxylic acids is 1. The van der Waals surface area contributed by atoms with Crippen LogP contribution in [0.1, 0.15) is 22.8 Å². The molecule has 0 unspecified atom stereocenters. The molecule has 0 spiro atoms. The topological polar surface area (TPSA) is 93.1 Å². The molecule has 0 saturated carbocycles. The number of carbonyl (C=O) groups is 1. The van der Waals surface area contributed by atoms with Crippen LogP contribution in [0.4, 0.5) is 0 Å². The first kappa shape index (κ1) is 19.8. The van der Waals surface area contributed by atoms with E-state index < -0.39 is 10.0 Å². The smallest absolute Gasteiger partial charge is 0.251 e. The van der Waals surface area contributed by atoms with Crippen molar-refractivity contribution in [1.82, 2.24) is 19.8 Å². The predicted octanol–water partition coefficient (Wildman–Crippen LogP) is 2.14. The van der Waals surface area contributed by atoms with Crippen LogP contribution in [0.5, 0.6) is 0 Å². The van der Waals surface area contributed by atoms with Gasteiger partial charge in [0.1, 0.15) is 0 Å². The van der Waals surface area contributed by atoms with E-state index in [1.807, 2.05) is 36.5 Å². The molecule has 0 saturated heterocycles. The first-order valence-corrected chi connectivity index (χ1v) is 10.4. The van der Waals surface area contributed by atoms with Crippen LogP contribution < -0.4 is 10.0 Å². The summed E-state index contributed by atoms with van der Waals surface area (Å²) in [7, 11) is -3.59. The number of nitrogens with one attached hydrogen (secondary N) is 2. The van der Waals surface area contributed by atoms with E-state index in [1.54, 1.807) is 29.9 Å². The van der Waals surface area contributed by atoms with E-state index in [0.717, 1.165) is 11.3 Å². The number of nitrogens with zero attached hydrogens (tertiary/aromatic N) is 2. The Kier molecular flexibility index (Phi) is 6.23. The molecule has 0 radical (unpaired) electrons. The van der Waals surface area contributed by atoms with Crippen LogP contribution in [0.15, 0.2) is 71.9 Å². The van der Waals surface area contributed by atoms with Crippen molar-refractivity contribution in [3.05, 3.63) is 78.1 Å². The van der Waals surface area contributed by atoms with Crippen molar-refractivity contribution in [2.45, 2.75) is 18.2 Å². The molecule has 7 nitrogen and oxygen atoms in total. The Labute approximate surface area is 164 Å². The average Bonchev–Trinajstić information content (AvgIpc) is 3.17. The normalized spacial score (nSPS) is 11.3. The van der Waals surface area contributed by atoms with Gasteiger partial charge in [0, 0.05) is 24.8 Å². The maximum Gasteiger partial charge on any atom is 0.251 e. The number of amides is 1. The van der Waals surface area contributed by atoms with E-state index in [0.29, 0.717) is 18.5 Å². The summed E-state index contributed by atoms with van der Waals surface area (Å²) in [6, 6.07) is 15.8. The lowest BCUT2D eigenvalue weighted by atomic mass is 10.2. The molecule has 3 rings (SSSR count). The second-order valence-electron chi connectivity index (χ2n) is 6.16. The number of aromatic nitrogens is 2. The minimum absolute atomic E-state index is 0.0751. The minimum atomic E-state index is -3.59. The molecule has 1 heterocycles. The van der Waals surface area contributed by atoms with Crippen molar-refractivity contribution < 1.29 is 13.2 Å². The summed E-state index contributed by atoms with van der Waals surface area (Å²) in [4.78, 5) is 12.4. The van der Waals surface area contributed by atoms with Gasteiger partial charge in [-0.2, -0.15) is 5.10 Å². The van der Waals surface area contributed by atoms with Gasteiger partial charge in [0.25, 0.3) is 5.91 Å². The quantitative estimate of drug-likeness (QED) is 0.608. The number of sulfonamides is 1. The second kappa shape index (κ2) is 8.81. The molecule has 0 atom stereocenters. The standard InChI is InChI=1S/C20H22N4O3S/c1-2-23-28(26,27)19-10-6-7-17(13-19)20(25)21-12-11-16-14-22-24(15-16)18-8-4-3-5-9-18/h3-10,13-15,23H,2,11-12H2,1H3,(H,21,25). The van der Waals surface area contributed by atoms with Gasteiger partial charge in [-0.25, -0.2) is 17.8 Å². The summed E-state index contributed by atoms with van der Waals surface area (Å²) in [5.41, 5.74) is 2.27. The van der Waals surface area contributed by atoms with Gasteiger partial charge in [-0.3, -0.25) is 4.79 Å². The molecule has 2 N–H and O–H groups in total. The van der Waals surface area contributed by atoms with Crippen LogP contribution >= 0.6 is 0 Å². The van der Waals surface area contributed by atoms with Crippen molar-refractivity contribution >= 4 is 15.9 Å². The van der Waals surface area contributed by atoms with Crippen LogP contribution in [0.3, 0.4) is 0 Å². The fraction of sp³-hybridized carbons (Fsp3) is 0.200. The highest BCUT2D eigenvalue weighted by Gasteiger charge is 2.15. The highest BCUT2D eigenvalue weighted by Crippen LogP contribution is 2.12. The zero-order valence-electron chi connectivity index (χ0n) is 15.5. The molecule has 8 heteroatoms. The Morgan fingerprint density at radius 2 is 1.89 bits per heavy atom. The van der Waals surface area contributed by atoms with Gasteiger partial charge >= 0.3 is 0 Å². The molecule has 1 aromatic heterocycles. The highest BCUT2D eigenvalue weighted by molar-refractivity contribution is 7.89. The molecular formula is C20H22N4O3S. The first-order chi connectivity index (χ1) is 13.5. The second-order valence-corrected chi connectivity index (χ2v) is 7.93. The summed E-state index contributed by atoms with van der Waals surface area (Å²) in [6.45, 7) is 2.41. The minimum Gasteiger partial charge on any atom is -0.352 e. The number of hydrogen-bond donors (Lipinski definition) is 2. The molecule has 0 aliphatic rings. The molecule has 28 heavy (non-hydrogen) atoms. The predicted molar refractivity (Wildman–Crippen MR) is 107 cm³/mol. The number of benzene rings is 2.